The predicted molar refractivity (Wildman–Crippen MR) is 199 cm³/mol. The van der Waals surface area contributed by atoms with Gasteiger partial charge in [-0.15, -0.1) is 11.1 Å². The number of benzene rings is 6. The molecule has 0 unspecified atom stereocenters. The van der Waals surface area contributed by atoms with Crippen molar-refractivity contribution in [2.24, 2.45) is 0 Å². The van der Waals surface area contributed by atoms with Gasteiger partial charge in [-0.3, -0.25) is 0 Å². The van der Waals surface area contributed by atoms with Gasteiger partial charge in [0.2, 0.25) is 8.07 Å². The van der Waals surface area contributed by atoms with Gasteiger partial charge in [-0.25, -0.2) is 0 Å². The summed E-state index contributed by atoms with van der Waals surface area (Å²) in [5.74, 6) is 6.69. The summed E-state index contributed by atoms with van der Waals surface area (Å²) >= 11 is 0. The first kappa shape index (κ1) is 29.9. The van der Waals surface area contributed by atoms with E-state index in [9.17, 15) is 0 Å². The van der Waals surface area contributed by atoms with Crippen molar-refractivity contribution in [1.29, 1.82) is 0 Å². The minimum Gasteiger partial charge on any atom is -0.118 e. The van der Waals surface area contributed by atoms with Crippen LogP contribution in [0.3, 0.4) is 0 Å². The lowest BCUT2D eigenvalue weighted by Gasteiger charge is -2.29. The van der Waals surface area contributed by atoms with E-state index in [0.717, 1.165) is 0 Å². The van der Waals surface area contributed by atoms with Gasteiger partial charge in [-0.05, 0) is 60.8 Å². The Balaban J connectivity index is 1.56. The van der Waals surface area contributed by atoms with Crippen LogP contribution in [0, 0.1) is 22.9 Å². The van der Waals surface area contributed by atoms with Gasteiger partial charge in [-0.1, -0.05) is 183 Å². The molecule has 6 rings (SSSR count). The van der Waals surface area contributed by atoms with Gasteiger partial charge in [0.25, 0.3) is 0 Å². The van der Waals surface area contributed by atoms with Gasteiger partial charge >= 0.3 is 0 Å². The van der Waals surface area contributed by atoms with Gasteiger partial charge in [0.1, 0.15) is 8.07 Å². The van der Waals surface area contributed by atoms with Crippen molar-refractivity contribution in [2.45, 2.75) is 19.6 Å². The molecule has 0 saturated heterocycles. The third-order valence-corrected chi connectivity index (χ3v) is 13.0. The van der Waals surface area contributed by atoms with Crippen molar-refractivity contribution in [3.8, 4) is 56.3 Å². The topological polar surface area (TPSA) is 0 Å². The molecule has 0 aliphatic heterocycles. The molecule has 0 atom stereocenters. The fraction of sp³-hybridized carbons (Fsp3) is 0.0698. The van der Waals surface area contributed by atoms with Crippen molar-refractivity contribution in [2.75, 3.05) is 0 Å². The van der Waals surface area contributed by atoms with Crippen molar-refractivity contribution >= 4 is 31.7 Å². The molecule has 6 aromatic rings. The van der Waals surface area contributed by atoms with Crippen LogP contribution in [0.25, 0.3) is 33.4 Å². The molecule has 0 N–H and O–H groups in total. The third kappa shape index (κ3) is 6.84. The summed E-state index contributed by atoms with van der Waals surface area (Å²) in [4.78, 5) is 0. The van der Waals surface area contributed by atoms with Gasteiger partial charge in [0, 0.05) is 0 Å². The summed E-state index contributed by atoms with van der Waals surface area (Å²) in [6.07, 6.45) is 0. The lowest BCUT2D eigenvalue weighted by atomic mass is 10.1. The Kier molecular flexibility index (Phi) is 8.81. The highest BCUT2D eigenvalue weighted by atomic mass is 28.3. The van der Waals surface area contributed by atoms with Crippen molar-refractivity contribution < 1.29 is 0 Å². The second-order valence-electron chi connectivity index (χ2n) is 12.3. The summed E-state index contributed by atoms with van der Waals surface area (Å²) in [6.45, 7) is 6.79. The van der Waals surface area contributed by atoms with Crippen LogP contribution in [0.4, 0.5) is 0 Å². The Morgan fingerprint density at radius 3 is 0.867 bits per heavy atom. The molecule has 45 heavy (non-hydrogen) atoms. The number of hydrogen-bond acceptors (Lipinski definition) is 0. The highest BCUT2D eigenvalue weighted by Crippen LogP contribution is 2.22. The van der Waals surface area contributed by atoms with Crippen LogP contribution in [0.1, 0.15) is 0 Å². The zero-order chi connectivity index (χ0) is 31.1. The second-order valence-corrected chi connectivity index (χ2v) is 20.6. The molecule has 0 bridgehead atoms. The van der Waals surface area contributed by atoms with Gasteiger partial charge in [0.15, 0.2) is 0 Å². The third-order valence-electron chi connectivity index (χ3n) is 8.03. The van der Waals surface area contributed by atoms with E-state index in [1.54, 1.807) is 0 Å². The first-order valence-corrected chi connectivity index (χ1v) is 20.9. The van der Waals surface area contributed by atoms with E-state index in [0.29, 0.717) is 0 Å². The number of hydrogen-bond donors (Lipinski definition) is 0. The summed E-state index contributed by atoms with van der Waals surface area (Å²) in [5.41, 5.74) is 14.6. The Morgan fingerprint density at radius 1 is 0.311 bits per heavy atom. The highest BCUT2D eigenvalue weighted by Gasteiger charge is 2.38. The van der Waals surface area contributed by atoms with Crippen LogP contribution < -0.4 is 15.6 Å². The maximum Gasteiger partial charge on any atom is 0.231 e. The van der Waals surface area contributed by atoms with Gasteiger partial charge < -0.3 is 0 Å². The van der Waals surface area contributed by atoms with Crippen molar-refractivity contribution in [1.82, 2.24) is 0 Å². The smallest absolute Gasteiger partial charge is 0.118 e. The first-order chi connectivity index (χ1) is 21.9. The van der Waals surface area contributed by atoms with E-state index in [1.807, 2.05) is 0 Å². The van der Waals surface area contributed by atoms with Crippen LogP contribution in [0.15, 0.2) is 164 Å². The van der Waals surface area contributed by atoms with Crippen molar-refractivity contribution in [3.05, 3.63) is 164 Å². The molecule has 2 heteroatoms. The molecule has 0 fully saturated rings. The lowest BCUT2D eigenvalue weighted by molar-refractivity contribution is 1.61. The van der Waals surface area contributed by atoms with Crippen LogP contribution in [-0.2, 0) is 0 Å². The number of rotatable bonds is 6. The standard InChI is InChI=1S/C43H36Si2/c1-44(2,3)33-13-14-34-45(41-27-21-38(22-28-41)35-15-7-4-8-16-35,42-29-23-39(24-30-42)36-17-9-5-10-18-36)43-31-25-40(26-32-43)37-19-11-6-12-20-37/h4-12,15-32H,1-3H3. The molecule has 0 aromatic heterocycles. The maximum atomic E-state index is 3.87. The summed E-state index contributed by atoms with van der Waals surface area (Å²) < 4.78 is 0. The maximum absolute atomic E-state index is 3.87. The Hall–Kier alpha value is -5.13. The van der Waals surface area contributed by atoms with E-state index in [-0.39, 0.29) is 0 Å². The average molecular weight is 609 g/mol. The summed E-state index contributed by atoms with van der Waals surface area (Å²) in [6, 6.07) is 59.0. The zero-order valence-electron chi connectivity index (χ0n) is 26.1. The zero-order valence-corrected chi connectivity index (χ0v) is 28.1. The first-order valence-electron chi connectivity index (χ1n) is 15.4. The molecule has 0 saturated carbocycles. The van der Waals surface area contributed by atoms with E-state index < -0.39 is 16.1 Å². The van der Waals surface area contributed by atoms with Crippen molar-refractivity contribution in [3.63, 3.8) is 0 Å². The lowest BCUT2D eigenvalue weighted by Crippen LogP contribution is -2.66. The normalized spacial score (nSPS) is 11.1. The molecular formula is C43H36Si2. The average Bonchev–Trinajstić information content (AvgIpc) is 3.10. The summed E-state index contributed by atoms with van der Waals surface area (Å²) in [5, 5.41) is 3.76. The largest absolute Gasteiger partial charge is 0.231 e. The minimum absolute atomic E-state index is 1.20. The van der Waals surface area contributed by atoms with Crippen LogP contribution >= 0.6 is 0 Å². The summed E-state index contributed by atoms with van der Waals surface area (Å²) in [7, 11) is -4.41. The molecule has 0 radical (unpaired) electrons. The Labute approximate surface area is 270 Å². The Bertz CT molecular complexity index is 1780. The molecule has 0 spiro atoms. The Morgan fingerprint density at radius 2 is 0.578 bits per heavy atom. The minimum atomic E-state index is -2.84. The second kappa shape index (κ2) is 13.2. The van der Waals surface area contributed by atoms with Gasteiger partial charge in [0.05, 0.1) is 0 Å². The fourth-order valence-electron chi connectivity index (χ4n) is 5.69. The molecule has 6 aromatic carbocycles. The van der Waals surface area contributed by atoms with Crippen LogP contribution in [0.2, 0.25) is 19.6 Å². The SMILES string of the molecule is C[Si](C)(C)C#CC#C[Si](c1ccc(-c2ccccc2)cc1)(c1ccc(-c2ccccc2)cc1)c1ccc(-c2ccccc2)cc1. The predicted octanol–water partition coefficient (Wildman–Crippen LogP) is 8.58. The molecule has 0 nitrogen and oxygen atoms in total. The molecule has 0 heterocycles. The molecular weight excluding hydrogens is 573 g/mol. The quantitative estimate of drug-likeness (QED) is 0.101. The molecule has 0 amide bonds. The van der Waals surface area contributed by atoms with Crippen LogP contribution in [0.5, 0.6) is 0 Å². The van der Waals surface area contributed by atoms with E-state index in [1.165, 1.54) is 48.9 Å². The molecule has 0 aliphatic rings. The molecule has 216 valence electrons. The highest BCUT2D eigenvalue weighted by molar-refractivity contribution is 7.16. The van der Waals surface area contributed by atoms with E-state index >= 15 is 0 Å². The van der Waals surface area contributed by atoms with Gasteiger partial charge in [-0.2, -0.15) is 0 Å². The fourth-order valence-corrected chi connectivity index (χ4v) is 9.81. The van der Waals surface area contributed by atoms with E-state index in [4.69, 9.17) is 0 Å². The van der Waals surface area contributed by atoms with Crippen LogP contribution in [-0.4, -0.2) is 16.1 Å². The monoisotopic (exact) mass is 608 g/mol. The molecule has 0 aliphatic carbocycles. The van der Waals surface area contributed by atoms with E-state index in [2.05, 4.69) is 206 Å².